The SMILES string of the molecule is COC(=O)Cc1cc([N+](=O)[O-])cc(C=O)c1Cl. The predicted octanol–water partition coefficient (Wildman–Crippen LogP) is 1.78. The van der Waals surface area contributed by atoms with Gasteiger partial charge in [0.05, 0.1) is 23.5 Å². The smallest absolute Gasteiger partial charge is 0.310 e. The van der Waals surface area contributed by atoms with Crippen LogP contribution in [0.1, 0.15) is 15.9 Å². The molecule has 0 spiro atoms. The molecule has 90 valence electrons. The van der Waals surface area contributed by atoms with E-state index in [0.29, 0.717) is 6.29 Å². The minimum Gasteiger partial charge on any atom is -0.469 e. The van der Waals surface area contributed by atoms with Gasteiger partial charge in [0.15, 0.2) is 6.29 Å². The quantitative estimate of drug-likeness (QED) is 0.355. The zero-order valence-electron chi connectivity index (χ0n) is 8.81. The summed E-state index contributed by atoms with van der Waals surface area (Å²) in [7, 11) is 1.19. The third-order valence-electron chi connectivity index (χ3n) is 2.06. The molecule has 0 N–H and O–H groups in total. The lowest BCUT2D eigenvalue weighted by atomic mass is 10.1. The highest BCUT2D eigenvalue weighted by Crippen LogP contribution is 2.26. The lowest BCUT2D eigenvalue weighted by Gasteiger charge is -2.05. The van der Waals surface area contributed by atoms with Crippen molar-refractivity contribution in [3.8, 4) is 0 Å². The zero-order valence-corrected chi connectivity index (χ0v) is 9.56. The van der Waals surface area contributed by atoms with Gasteiger partial charge < -0.3 is 4.74 Å². The van der Waals surface area contributed by atoms with Gasteiger partial charge in [-0.05, 0) is 5.56 Å². The van der Waals surface area contributed by atoms with Gasteiger partial charge in [-0.2, -0.15) is 0 Å². The fourth-order valence-electron chi connectivity index (χ4n) is 1.24. The first-order valence-corrected chi connectivity index (χ1v) is 4.86. The summed E-state index contributed by atoms with van der Waals surface area (Å²) in [5.41, 5.74) is -0.134. The third-order valence-corrected chi connectivity index (χ3v) is 2.52. The molecule has 0 aliphatic heterocycles. The third kappa shape index (κ3) is 3.01. The van der Waals surface area contributed by atoms with Crippen LogP contribution in [-0.4, -0.2) is 24.3 Å². The number of nitro benzene ring substituents is 1. The van der Waals surface area contributed by atoms with Gasteiger partial charge >= 0.3 is 5.97 Å². The van der Waals surface area contributed by atoms with E-state index in [-0.39, 0.29) is 28.3 Å². The van der Waals surface area contributed by atoms with E-state index in [1.54, 1.807) is 0 Å². The minimum atomic E-state index is -0.663. The topological polar surface area (TPSA) is 86.5 Å². The van der Waals surface area contributed by atoms with Crippen LogP contribution in [-0.2, 0) is 16.0 Å². The number of hydrogen-bond acceptors (Lipinski definition) is 5. The van der Waals surface area contributed by atoms with Crippen LogP contribution in [0, 0.1) is 10.1 Å². The second-order valence-electron chi connectivity index (χ2n) is 3.14. The lowest BCUT2D eigenvalue weighted by molar-refractivity contribution is -0.384. The van der Waals surface area contributed by atoms with Gasteiger partial charge in [0, 0.05) is 17.7 Å². The highest BCUT2D eigenvalue weighted by molar-refractivity contribution is 6.34. The second kappa shape index (κ2) is 5.40. The van der Waals surface area contributed by atoms with Crippen molar-refractivity contribution in [3.05, 3.63) is 38.4 Å². The number of carbonyl (C=O) groups excluding carboxylic acids is 2. The Morgan fingerprint density at radius 3 is 2.71 bits per heavy atom. The van der Waals surface area contributed by atoms with Crippen molar-refractivity contribution in [2.45, 2.75) is 6.42 Å². The first-order valence-electron chi connectivity index (χ1n) is 4.48. The van der Waals surface area contributed by atoms with E-state index in [1.165, 1.54) is 7.11 Å². The van der Waals surface area contributed by atoms with Gasteiger partial charge in [-0.25, -0.2) is 0 Å². The second-order valence-corrected chi connectivity index (χ2v) is 3.51. The number of non-ortho nitro benzene ring substituents is 1. The number of hydrogen-bond donors (Lipinski definition) is 0. The molecule has 0 aliphatic carbocycles. The lowest BCUT2D eigenvalue weighted by Crippen LogP contribution is -2.06. The van der Waals surface area contributed by atoms with Crippen LogP contribution >= 0.6 is 11.6 Å². The zero-order chi connectivity index (χ0) is 13.0. The van der Waals surface area contributed by atoms with Gasteiger partial charge in [0.1, 0.15) is 0 Å². The van der Waals surface area contributed by atoms with E-state index in [4.69, 9.17) is 11.6 Å². The van der Waals surface area contributed by atoms with Crippen molar-refractivity contribution in [1.82, 2.24) is 0 Å². The molecule has 0 fully saturated rings. The maximum absolute atomic E-state index is 11.1. The molecule has 1 aromatic rings. The van der Waals surface area contributed by atoms with Crippen molar-refractivity contribution in [2.75, 3.05) is 7.11 Å². The maximum atomic E-state index is 11.1. The molecule has 1 aromatic carbocycles. The van der Waals surface area contributed by atoms with Crippen molar-refractivity contribution in [1.29, 1.82) is 0 Å². The summed E-state index contributed by atoms with van der Waals surface area (Å²) in [6, 6.07) is 2.20. The Balaban J connectivity index is 3.27. The predicted molar refractivity (Wildman–Crippen MR) is 59.2 cm³/mol. The summed E-state index contributed by atoms with van der Waals surface area (Å²) in [6.07, 6.45) is 0.175. The van der Waals surface area contributed by atoms with Gasteiger partial charge in [0.2, 0.25) is 0 Å². The standard InChI is InChI=1S/C10H8ClNO5/c1-17-9(14)4-6-2-8(12(15)16)3-7(5-13)10(6)11/h2-3,5H,4H2,1H3. The molecule has 6 nitrogen and oxygen atoms in total. The molecular weight excluding hydrogens is 250 g/mol. The molecule has 0 saturated carbocycles. The van der Waals surface area contributed by atoms with Crippen LogP contribution in [0.25, 0.3) is 0 Å². The Morgan fingerprint density at radius 1 is 1.59 bits per heavy atom. The molecule has 0 atom stereocenters. The molecular formula is C10H8ClNO5. The molecule has 0 heterocycles. The number of benzene rings is 1. The van der Waals surface area contributed by atoms with Gasteiger partial charge in [-0.3, -0.25) is 19.7 Å². The minimum absolute atomic E-state index is 0.0241. The highest BCUT2D eigenvalue weighted by atomic mass is 35.5. The first-order chi connectivity index (χ1) is 7.99. The van der Waals surface area contributed by atoms with Crippen molar-refractivity contribution in [3.63, 3.8) is 0 Å². The van der Waals surface area contributed by atoms with Crippen molar-refractivity contribution in [2.24, 2.45) is 0 Å². The van der Waals surface area contributed by atoms with Gasteiger partial charge in [-0.15, -0.1) is 0 Å². The number of rotatable bonds is 4. The first kappa shape index (κ1) is 13.1. The number of nitrogens with zero attached hydrogens (tertiary/aromatic N) is 1. The Kier molecular flexibility index (Phi) is 4.17. The van der Waals surface area contributed by atoms with Crippen LogP contribution in [0.2, 0.25) is 5.02 Å². The Labute approximate surface area is 101 Å². The molecule has 17 heavy (non-hydrogen) atoms. The van der Waals surface area contributed by atoms with E-state index < -0.39 is 10.9 Å². The molecule has 1 rings (SSSR count). The number of methoxy groups -OCH3 is 1. The van der Waals surface area contributed by atoms with E-state index in [9.17, 15) is 19.7 Å². The van der Waals surface area contributed by atoms with Crippen LogP contribution < -0.4 is 0 Å². The van der Waals surface area contributed by atoms with E-state index in [0.717, 1.165) is 12.1 Å². The van der Waals surface area contributed by atoms with Gasteiger partial charge in [-0.1, -0.05) is 11.6 Å². The maximum Gasteiger partial charge on any atom is 0.310 e. The molecule has 0 aromatic heterocycles. The Hall–Kier alpha value is -1.95. The molecule has 0 unspecified atom stereocenters. The molecule has 0 aliphatic rings. The monoisotopic (exact) mass is 257 g/mol. The average molecular weight is 258 g/mol. The Bertz CT molecular complexity index is 486. The van der Waals surface area contributed by atoms with E-state index in [2.05, 4.69) is 4.74 Å². The van der Waals surface area contributed by atoms with Crippen LogP contribution in [0.4, 0.5) is 5.69 Å². The molecule has 0 radical (unpaired) electrons. The van der Waals surface area contributed by atoms with E-state index in [1.807, 2.05) is 0 Å². The summed E-state index contributed by atoms with van der Waals surface area (Å²) in [5.74, 6) is -0.593. The van der Waals surface area contributed by atoms with Crippen molar-refractivity contribution >= 4 is 29.5 Å². The number of nitro groups is 1. The Morgan fingerprint density at radius 2 is 2.24 bits per heavy atom. The number of esters is 1. The number of ether oxygens (including phenoxy) is 1. The molecule has 7 heteroatoms. The van der Waals surface area contributed by atoms with Crippen LogP contribution in [0.5, 0.6) is 0 Å². The number of halogens is 1. The van der Waals surface area contributed by atoms with Crippen LogP contribution in [0.3, 0.4) is 0 Å². The summed E-state index contributed by atoms with van der Waals surface area (Å²) < 4.78 is 4.43. The van der Waals surface area contributed by atoms with E-state index >= 15 is 0 Å². The molecule has 0 bridgehead atoms. The average Bonchev–Trinajstić information content (AvgIpc) is 2.31. The number of aldehydes is 1. The number of carbonyl (C=O) groups is 2. The summed E-state index contributed by atoms with van der Waals surface area (Å²) in [4.78, 5) is 31.7. The largest absolute Gasteiger partial charge is 0.469 e. The fourth-order valence-corrected chi connectivity index (χ4v) is 1.46. The molecule has 0 amide bonds. The normalized spacial score (nSPS) is 9.76. The summed E-state index contributed by atoms with van der Waals surface area (Å²) in [5, 5.41) is 10.6. The summed E-state index contributed by atoms with van der Waals surface area (Å²) in [6.45, 7) is 0. The summed E-state index contributed by atoms with van der Waals surface area (Å²) >= 11 is 5.83. The fraction of sp³-hybridized carbons (Fsp3) is 0.200. The highest BCUT2D eigenvalue weighted by Gasteiger charge is 2.17. The van der Waals surface area contributed by atoms with Crippen molar-refractivity contribution < 1.29 is 19.2 Å². The van der Waals surface area contributed by atoms with Gasteiger partial charge in [0.25, 0.3) is 5.69 Å². The van der Waals surface area contributed by atoms with Crippen LogP contribution in [0.15, 0.2) is 12.1 Å². The molecule has 0 saturated heterocycles.